The number of H-pyrrole nitrogens is 1. The Bertz CT molecular complexity index is 1510. The predicted molar refractivity (Wildman–Crippen MR) is 132 cm³/mol. The summed E-state index contributed by atoms with van der Waals surface area (Å²) in [6.45, 7) is 3.94. The quantitative estimate of drug-likeness (QED) is 0.339. The van der Waals surface area contributed by atoms with Gasteiger partial charge in [-0.3, -0.25) is 14.5 Å². The molecule has 0 spiro atoms. The van der Waals surface area contributed by atoms with Gasteiger partial charge in [0.2, 0.25) is 0 Å². The first-order valence-corrected chi connectivity index (χ1v) is 12.0. The average molecular weight is 474 g/mol. The van der Waals surface area contributed by atoms with Gasteiger partial charge in [-0.15, -0.1) is 0 Å². The second-order valence-corrected chi connectivity index (χ2v) is 9.35. The van der Waals surface area contributed by atoms with Gasteiger partial charge in [-0.05, 0) is 49.7 Å². The van der Waals surface area contributed by atoms with Crippen molar-refractivity contribution in [3.63, 3.8) is 0 Å². The number of rotatable bonds is 6. The van der Waals surface area contributed by atoms with Crippen LogP contribution in [0, 0.1) is 5.92 Å². The van der Waals surface area contributed by atoms with Crippen LogP contribution in [0.4, 0.5) is 0 Å². The highest BCUT2D eigenvalue weighted by Gasteiger charge is 2.40. The molecule has 0 saturated carbocycles. The van der Waals surface area contributed by atoms with E-state index < -0.39 is 5.69 Å². The van der Waals surface area contributed by atoms with E-state index in [0.717, 1.165) is 61.5 Å². The fourth-order valence-corrected chi connectivity index (χ4v) is 5.61. The topological polar surface area (TPSA) is 102 Å². The number of unbranched alkanes of at least 4 members (excludes halogenated alkanes) is 1. The molecule has 4 heterocycles. The highest BCUT2D eigenvalue weighted by Crippen LogP contribution is 2.46. The van der Waals surface area contributed by atoms with Crippen LogP contribution >= 0.6 is 0 Å². The van der Waals surface area contributed by atoms with Gasteiger partial charge in [-0.2, -0.15) is 10.1 Å². The zero-order valence-electron chi connectivity index (χ0n) is 19.6. The van der Waals surface area contributed by atoms with Crippen LogP contribution in [-0.4, -0.2) is 58.0 Å². The lowest BCUT2D eigenvalue weighted by atomic mass is 9.86. The number of ether oxygens (including phenoxy) is 2. The van der Waals surface area contributed by atoms with E-state index in [1.54, 1.807) is 31.5 Å². The molecule has 0 unspecified atom stereocenters. The summed E-state index contributed by atoms with van der Waals surface area (Å²) in [4.78, 5) is 32.4. The number of aromatic nitrogens is 4. The van der Waals surface area contributed by atoms with E-state index in [2.05, 4.69) is 20.1 Å². The number of hydrogen-bond donors (Lipinski definition) is 1. The Morgan fingerprint density at radius 1 is 1.09 bits per heavy atom. The highest BCUT2D eigenvalue weighted by molar-refractivity contribution is 6.02. The minimum absolute atomic E-state index is 0.285. The van der Waals surface area contributed by atoms with Crippen LogP contribution in [0.2, 0.25) is 0 Å². The Morgan fingerprint density at radius 2 is 1.97 bits per heavy atom. The normalized spacial score (nSPS) is 19.5. The van der Waals surface area contributed by atoms with E-state index >= 15 is 0 Å². The zero-order chi connectivity index (χ0) is 23.9. The molecule has 1 saturated heterocycles. The van der Waals surface area contributed by atoms with Crippen molar-refractivity contribution in [1.82, 2.24) is 24.6 Å². The minimum atomic E-state index is -0.500. The van der Waals surface area contributed by atoms with Crippen LogP contribution in [0.5, 0.6) is 11.5 Å². The Morgan fingerprint density at radius 3 is 2.86 bits per heavy atom. The van der Waals surface area contributed by atoms with Crippen molar-refractivity contribution in [2.45, 2.75) is 25.3 Å². The Hall–Kier alpha value is -3.72. The molecule has 9 nitrogen and oxygen atoms in total. The van der Waals surface area contributed by atoms with E-state index in [0.29, 0.717) is 29.3 Å². The van der Waals surface area contributed by atoms with E-state index in [1.807, 2.05) is 18.2 Å². The van der Waals surface area contributed by atoms with E-state index in [-0.39, 0.29) is 5.56 Å². The summed E-state index contributed by atoms with van der Waals surface area (Å²) in [6, 6.07) is 11.3. The summed E-state index contributed by atoms with van der Waals surface area (Å²) in [6.07, 6.45) is 3.21. The molecule has 2 aliphatic heterocycles. The summed E-state index contributed by atoms with van der Waals surface area (Å²) < 4.78 is 12.9. The first kappa shape index (κ1) is 21.8. The van der Waals surface area contributed by atoms with Crippen molar-refractivity contribution in [3.8, 4) is 11.5 Å². The third-order valence-corrected chi connectivity index (χ3v) is 7.32. The van der Waals surface area contributed by atoms with Crippen molar-refractivity contribution in [2.75, 3.05) is 33.4 Å². The lowest BCUT2D eigenvalue weighted by molar-refractivity contribution is 0.209. The van der Waals surface area contributed by atoms with Crippen LogP contribution in [0.1, 0.15) is 24.3 Å². The fourth-order valence-electron chi connectivity index (χ4n) is 5.61. The molecule has 2 aromatic carbocycles. The van der Waals surface area contributed by atoms with Crippen LogP contribution < -0.4 is 20.7 Å². The number of aromatic amines is 1. The number of hydrogen-bond acceptors (Lipinski definition) is 7. The molecule has 0 aliphatic carbocycles. The second kappa shape index (κ2) is 8.81. The largest absolute Gasteiger partial charge is 0.496 e. The zero-order valence-corrected chi connectivity index (χ0v) is 19.6. The summed E-state index contributed by atoms with van der Waals surface area (Å²) in [5.74, 6) is 2.67. The van der Waals surface area contributed by atoms with Gasteiger partial charge >= 0.3 is 5.69 Å². The molecule has 1 N–H and O–H groups in total. The molecule has 9 heteroatoms. The Kier molecular flexibility index (Phi) is 5.49. The maximum atomic E-state index is 13.1. The summed E-state index contributed by atoms with van der Waals surface area (Å²) in [5, 5.41) is 8.02. The average Bonchev–Trinajstić information content (AvgIpc) is 3.31. The fraction of sp³-hybridized carbons (Fsp3) is 0.385. The predicted octanol–water partition coefficient (Wildman–Crippen LogP) is 2.53. The van der Waals surface area contributed by atoms with Crippen LogP contribution in [-0.2, 0) is 6.54 Å². The minimum Gasteiger partial charge on any atom is -0.496 e. The van der Waals surface area contributed by atoms with Gasteiger partial charge in [-0.25, -0.2) is 4.79 Å². The molecule has 4 aromatic rings. The monoisotopic (exact) mass is 473 g/mol. The second-order valence-electron chi connectivity index (χ2n) is 9.35. The molecule has 0 radical (unpaired) electrons. The van der Waals surface area contributed by atoms with Crippen molar-refractivity contribution in [1.29, 1.82) is 0 Å². The smallest absolute Gasteiger partial charge is 0.351 e. The first-order chi connectivity index (χ1) is 17.1. The number of benzene rings is 2. The molecule has 1 fully saturated rings. The number of likely N-dealkylation sites (tertiary alicyclic amines) is 1. The maximum Gasteiger partial charge on any atom is 0.351 e. The van der Waals surface area contributed by atoms with Gasteiger partial charge in [0, 0.05) is 48.6 Å². The Balaban J connectivity index is 1.13. The van der Waals surface area contributed by atoms with Gasteiger partial charge in [0.25, 0.3) is 5.56 Å². The maximum absolute atomic E-state index is 13.1. The Labute approximate surface area is 201 Å². The number of nitrogens with zero attached hydrogens (tertiary/aromatic N) is 4. The molecule has 2 aromatic heterocycles. The molecule has 0 bridgehead atoms. The SMILES string of the molecule is COc1cccc2c1[C@@H]1CN(CCCCn3c(=O)nc4c(ccc5[nH]nccc54)c3=O)C[C@H]1CO2. The molecule has 180 valence electrons. The summed E-state index contributed by atoms with van der Waals surface area (Å²) in [7, 11) is 1.71. The first-order valence-electron chi connectivity index (χ1n) is 12.0. The van der Waals surface area contributed by atoms with Crippen LogP contribution in [0.15, 0.2) is 52.2 Å². The summed E-state index contributed by atoms with van der Waals surface area (Å²) in [5.41, 5.74) is 1.55. The van der Waals surface area contributed by atoms with Gasteiger partial charge < -0.3 is 14.4 Å². The van der Waals surface area contributed by atoms with E-state index in [9.17, 15) is 9.59 Å². The third-order valence-electron chi connectivity index (χ3n) is 7.32. The van der Waals surface area contributed by atoms with Crippen LogP contribution in [0.25, 0.3) is 21.8 Å². The number of nitrogens with one attached hydrogen (secondary N) is 1. The molecule has 6 rings (SSSR count). The van der Waals surface area contributed by atoms with Gasteiger partial charge in [0.05, 0.1) is 30.1 Å². The van der Waals surface area contributed by atoms with Crippen LogP contribution in [0.3, 0.4) is 0 Å². The summed E-state index contributed by atoms with van der Waals surface area (Å²) >= 11 is 0. The number of fused-ring (bicyclic) bond motifs is 6. The lowest BCUT2D eigenvalue weighted by Crippen LogP contribution is -2.35. The van der Waals surface area contributed by atoms with Gasteiger partial charge in [-0.1, -0.05) is 6.07 Å². The standard InChI is InChI=1S/C26H27N5O4/c1-34-21-5-4-6-22-23(21)19-14-30(13-16(19)15-35-22)11-2-3-12-31-25(32)18-7-8-20-17(9-10-27-29-20)24(18)28-26(31)33/h4-10,16,19,29H,2-3,11-15H2,1H3/t16-,19+/m0/s1. The van der Waals surface area contributed by atoms with Crippen molar-refractivity contribution in [2.24, 2.45) is 5.92 Å². The lowest BCUT2D eigenvalue weighted by Gasteiger charge is -2.29. The molecule has 0 amide bonds. The van der Waals surface area contributed by atoms with Gasteiger partial charge in [0.1, 0.15) is 11.5 Å². The van der Waals surface area contributed by atoms with Crippen molar-refractivity contribution < 1.29 is 9.47 Å². The molecular formula is C26H27N5O4. The molecule has 2 atom stereocenters. The molecular weight excluding hydrogens is 446 g/mol. The molecule has 2 aliphatic rings. The number of methoxy groups -OCH3 is 1. The van der Waals surface area contributed by atoms with E-state index in [4.69, 9.17) is 9.47 Å². The van der Waals surface area contributed by atoms with Crippen molar-refractivity contribution in [3.05, 3.63) is 69.0 Å². The van der Waals surface area contributed by atoms with Crippen molar-refractivity contribution >= 4 is 21.8 Å². The third kappa shape index (κ3) is 3.76. The van der Waals surface area contributed by atoms with Gasteiger partial charge in [0.15, 0.2) is 0 Å². The highest BCUT2D eigenvalue weighted by atomic mass is 16.5. The molecule has 35 heavy (non-hydrogen) atoms. The van der Waals surface area contributed by atoms with E-state index in [1.165, 1.54) is 10.1 Å².